The van der Waals surface area contributed by atoms with E-state index in [0.717, 1.165) is 25.7 Å². The van der Waals surface area contributed by atoms with Gasteiger partial charge >= 0.3 is 0 Å². The van der Waals surface area contributed by atoms with Crippen molar-refractivity contribution in [1.29, 1.82) is 0 Å². The first kappa shape index (κ1) is 18.7. The van der Waals surface area contributed by atoms with Gasteiger partial charge in [-0.25, -0.2) is 0 Å². The van der Waals surface area contributed by atoms with E-state index in [-0.39, 0.29) is 5.60 Å². The lowest BCUT2D eigenvalue weighted by Crippen LogP contribution is -2.27. The number of hydrogen-bond acceptors (Lipinski definition) is 3. The first-order valence-corrected chi connectivity index (χ1v) is 9.06. The molecule has 1 saturated heterocycles. The summed E-state index contributed by atoms with van der Waals surface area (Å²) >= 11 is 0. The third kappa shape index (κ3) is 5.44. The van der Waals surface area contributed by atoms with Gasteiger partial charge in [-0.15, -0.1) is 0 Å². The second kappa shape index (κ2) is 7.08. The van der Waals surface area contributed by atoms with Gasteiger partial charge < -0.3 is 14.9 Å². The van der Waals surface area contributed by atoms with E-state index >= 15 is 0 Å². The molecule has 0 spiro atoms. The van der Waals surface area contributed by atoms with E-state index in [1.807, 2.05) is 19.1 Å². The molecule has 1 aliphatic carbocycles. The first-order chi connectivity index (χ1) is 10.6. The number of allylic oxidation sites excluding steroid dienone is 2. The molecule has 2 N–H and O–H groups in total. The molecule has 23 heavy (non-hydrogen) atoms. The van der Waals surface area contributed by atoms with E-state index in [1.54, 1.807) is 6.92 Å². The van der Waals surface area contributed by atoms with Crippen LogP contribution in [0.1, 0.15) is 66.7 Å². The van der Waals surface area contributed by atoms with Crippen LogP contribution >= 0.6 is 0 Å². The van der Waals surface area contributed by atoms with Crippen LogP contribution in [0, 0.1) is 11.8 Å². The molecule has 2 aliphatic rings. The molecule has 0 unspecified atom stereocenters. The van der Waals surface area contributed by atoms with Crippen LogP contribution in [-0.4, -0.2) is 33.6 Å². The summed E-state index contributed by atoms with van der Waals surface area (Å²) in [5, 5.41) is 20.8. The topological polar surface area (TPSA) is 53.0 Å². The minimum atomic E-state index is -0.976. The third-order valence-corrected chi connectivity index (χ3v) is 5.47. The van der Waals surface area contributed by atoms with Crippen LogP contribution in [0.4, 0.5) is 0 Å². The molecule has 5 atom stereocenters. The van der Waals surface area contributed by atoms with Gasteiger partial charge in [-0.1, -0.05) is 37.6 Å². The zero-order valence-electron chi connectivity index (χ0n) is 15.4. The van der Waals surface area contributed by atoms with Gasteiger partial charge in [-0.3, -0.25) is 0 Å². The number of aliphatic hydroxyl groups excluding tert-OH is 1. The number of fused-ring (bicyclic) bond motifs is 1. The largest absolute Gasteiger partial charge is 0.389 e. The Morgan fingerprint density at radius 1 is 1.26 bits per heavy atom. The van der Waals surface area contributed by atoms with Crippen LogP contribution in [0.2, 0.25) is 0 Å². The van der Waals surface area contributed by atoms with Gasteiger partial charge in [-0.05, 0) is 58.3 Å². The fourth-order valence-corrected chi connectivity index (χ4v) is 3.63. The molecule has 2 rings (SSSR count). The van der Waals surface area contributed by atoms with Crippen LogP contribution in [0.25, 0.3) is 0 Å². The Balaban J connectivity index is 2.17. The summed E-state index contributed by atoms with van der Waals surface area (Å²) in [6.07, 6.45) is 10.1. The molecule has 3 nitrogen and oxygen atoms in total. The maximum Gasteiger partial charge on any atom is 0.0920 e. The molecule has 1 aliphatic heterocycles. The van der Waals surface area contributed by atoms with E-state index in [0.29, 0.717) is 24.4 Å². The smallest absolute Gasteiger partial charge is 0.0920 e. The van der Waals surface area contributed by atoms with Gasteiger partial charge in [0.2, 0.25) is 0 Å². The lowest BCUT2D eigenvalue weighted by molar-refractivity contribution is 0.0564. The van der Waals surface area contributed by atoms with Crippen molar-refractivity contribution in [3.8, 4) is 0 Å². The lowest BCUT2D eigenvalue weighted by atomic mass is 9.84. The van der Waals surface area contributed by atoms with Gasteiger partial charge in [0.25, 0.3) is 0 Å². The van der Waals surface area contributed by atoms with Crippen molar-refractivity contribution in [2.24, 2.45) is 11.8 Å². The number of ether oxygens (including phenoxy) is 1. The SMILES string of the molecule is C/C1=C\[C@H](O)C[C@@](C)(O)/C=C/[C@H](C(C)C)CC[C@]2(C)O[C@H]2CC1. The molecule has 0 amide bonds. The summed E-state index contributed by atoms with van der Waals surface area (Å²) in [6.45, 7) is 10.5. The highest BCUT2D eigenvalue weighted by Crippen LogP contribution is 2.44. The summed E-state index contributed by atoms with van der Waals surface area (Å²) in [5.74, 6) is 0.961. The van der Waals surface area contributed by atoms with Crippen LogP contribution < -0.4 is 0 Å². The van der Waals surface area contributed by atoms with Crippen LogP contribution in [0.3, 0.4) is 0 Å². The first-order valence-electron chi connectivity index (χ1n) is 9.06. The molecule has 0 aromatic carbocycles. The summed E-state index contributed by atoms with van der Waals surface area (Å²) in [4.78, 5) is 0. The van der Waals surface area contributed by atoms with Crippen molar-refractivity contribution in [3.63, 3.8) is 0 Å². The zero-order valence-corrected chi connectivity index (χ0v) is 15.4. The molecule has 1 heterocycles. The Kier molecular flexibility index (Phi) is 5.76. The van der Waals surface area contributed by atoms with E-state index in [4.69, 9.17) is 4.74 Å². The summed E-state index contributed by atoms with van der Waals surface area (Å²) < 4.78 is 5.96. The summed E-state index contributed by atoms with van der Waals surface area (Å²) in [5.41, 5.74) is 0.218. The van der Waals surface area contributed by atoms with Crippen LogP contribution in [-0.2, 0) is 4.74 Å². The monoisotopic (exact) mass is 322 g/mol. The van der Waals surface area contributed by atoms with Gasteiger partial charge in [0.05, 0.1) is 23.4 Å². The van der Waals surface area contributed by atoms with Crippen LogP contribution in [0.5, 0.6) is 0 Å². The fraction of sp³-hybridized carbons (Fsp3) is 0.800. The standard InChI is InChI=1S/C20H34O3/c1-14(2)16-8-10-19(4,22)13-17(21)12-15(3)6-7-18-20(5,23-18)11-9-16/h8,10,12,14,16-18,21-22H,6-7,9,11,13H2,1-5H3/b10-8+,15-12+/t16-,17-,18-,19-,20-/m0/s1. The highest BCUT2D eigenvalue weighted by atomic mass is 16.6. The number of rotatable bonds is 1. The molecular weight excluding hydrogens is 288 g/mol. The third-order valence-electron chi connectivity index (χ3n) is 5.47. The quantitative estimate of drug-likeness (QED) is 0.567. The van der Waals surface area contributed by atoms with E-state index in [1.165, 1.54) is 5.57 Å². The zero-order chi connectivity index (χ0) is 17.3. The number of aliphatic hydroxyl groups is 2. The Morgan fingerprint density at radius 2 is 1.96 bits per heavy atom. The predicted octanol–water partition coefficient (Wildman–Crippen LogP) is 3.99. The van der Waals surface area contributed by atoms with Gasteiger partial charge in [0.15, 0.2) is 0 Å². The summed E-state index contributed by atoms with van der Waals surface area (Å²) in [7, 11) is 0. The molecule has 0 bridgehead atoms. The Labute approximate surface area is 141 Å². The van der Waals surface area contributed by atoms with Gasteiger partial charge in [0.1, 0.15) is 0 Å². The molecule has 3 heteroatoms. The van der Waals surface area contributed by atoms with Crippen molar-refractivity contribution in [2.75, 3.05) is 0 Å². The Hall–Kier alpha value is -0.640. The second-order valence-electron chi connectivity index (χ2n) is 8.41. The summed E-state index contributed by atoms with van der Waals surface area (Å²) in [6, 6.07) is 0. The minimum absolute atomic E-state index is 0.0203. The Morgan fingerprint density at radius 3 is 2.61 bits per heavy atom. The van der Waals surface area contributed by atoms with E-state index < -0.39 is 11.7 Å². The van der Waals surface area contributed by atoms with Crippen molar-refractivity contribution < 1.29 is 14.9 Å². The predicted molar refractivity (Wildman–Crippen MR) is 94.2 cm³/mol. The van der Waals surface area contributed by atoms with Gasteiger partial charge in [0, 0.05) is 6.42 Å². The Bertz CT molecular complexity index is 464. The molecule has 132 valence electrons. The van der Waals surface area contributed by atoms with Crippen molar-refractivity contribution in [1.82, 2.24) is 0 Å². The highest BCUT2D eigenvalue weighted by molar-refractivity contribution is 5.10. The molecule has 0 aromatic rings. The molecule has 0 radical (unpaired) electrons. The lowest BCUT2D eigenvalue weighted by Gasteiger charge is -2.24. The van der Waals surface area contributed by atoms with Crippen molar-refractivity contribution in [2.45, 2.75) is 90.1 Å². The molecular formula is C20H34O3. The molecule has 0 aromatic heterocycles. The molecule has 1 fully saturated rings. The second-order valence-corrected chi connectivity index (χ2v) is 8.41. The minimum Gasteiger partial charge on any atom is -0.389 e. The van der Waals surface area contributed by atoms with E-state index in [9.17, 15) is 10.2 Å². The van der Waals surface area contributed by atoms with E-state index in [2.05, 4.69) is 26.8 Å². The normalized spacial score (nSPS) is 46.4. The van der Waals surface area contributed by atoms with Crippen LogP contribution in [0.15, 0.2) is 23.8 Å². The van der Waals surface area contributed by atoms with Crippen molar-refractivity contribution in [3.05, 3.63) is 23.8 Å². The number of epoxide rings is 1. The average Bonchev–Trinajstić information content (AvgIpc) is 3.05. The maximum atomic E-state index is 10.6. The average molecular weight is 322 g/mol. The maximum absolute atomic E-state index is 10.6. The number of hydrogen-bond donors (Lipinski definition) is 2. The van der Waals surface area contributed by atoms with Crippen molar-refractivity contribution >= 4 is 0 Å². The van der Waals surface area contributed by atoms with Gasteiger partial charge in [-0.2, -0.15) is 0 Å². The highest BCUT2D eigenvalue weighted by Gasteiger charge is 2.51. The fourth-order valence-electron chi connectivity index (χ4n) is 3.63. The molecule has 0 saturated carbocycles.